The molecular formula is C19H17N3O. The Morgan fingerprint density at radius 1 is 1.13 bits per heavy atom. The Balaban J connectivity index is 2.26. The molecule has 1 unspecified atom stereocenters. The second kappa shape index (κ2) is 5.66. The molecule has 3 rings (SSSR count). The molecule has 0 fully saturated rings. The molecule has 0 N–H and O–H groups in total. The third-order valence-electron chi connectivity index (χ3n) is 4.57. The monoisotopic (exact) mass is 303 g/mol. The molecule has 0 bridgehead atoms. The molecule has 114 valence electrons. The van der Waals surface area contributed by atoms with Crippen molar-refractivity contribution in [1.29, 1.82) is 10.5 Å². The van der Waals surface area contributed by atoms with E-state index >= 15 is 0 Å². The fourth-order valence-electron chi connectivity index (χ4n) is 3.33. The highest BCUT2D eigenvalue weighted by molar-refractivity contribution is 5.67. The minimum Gasteiger partial charge on any atom is -0.497 e. The highest BCUT2D eigenvalue weighted by Crippen LogP contribution is 2.48. The predicted octanol–water partition coefficient (Wildman–Crippen LogP) is 3.21. The van der Waals surface area contributed by atoms with Crippen LogP contribution in [0.15, 0.2) is 48.5 Å². The van der Waals surface area contributed by atoms with Gasteiger partial charge in [-0.3, -0.25) is 0 Å². The number of hydrogen-bond donors (Lipinski definition) is 0. The Kier molecular flexibility index (Phi) is 3.68. The number of rotatable bonds is 2. The van der Waals surface area contributed by atoms with Gasteiger partial charge in [-0.1, -0.05) is 30.3 Å². The van der Waals surface area contributed by atoms with Crippen LogP contribution in [0.25, 0.3) is 0 Å². The van der Waals surface area contributed by atoms with Crippen molar-refractivity contribution in [2.24, 2.45) is 0 Å². The van der Waals surface area contributed by atoms with Crippen LogP contribution >= 0.6 is 0 Å². The Hall–Kier alpha value is -2.98. The van der Waals surface area contributed by atoms with Crippen molar-refractivity contribution in [1.82, 2.24) is 0 Å². The summed E-state index contributed by atoms with van der Waals surface area (Å²) in [4.78, 5) is 2.10. The number of methoxy groups -OCH3 is 1. The van der Waals surface area contributed by atoms with Crippen LogP contribution in [0.2, 0.25) is 0 Å². The Morgan fingerprint density at radius 2 is 1.83 bits per heavy atom. The molecule has 23 heavy (non-hydrogen) atoms. The van der Waals surface area contributed by atoms with Gasteiger partial charge in [-0.2, -0.15) is 10.5 Å². The SMILES string of the molecule is COc1ccc2c(c1)C(C#N)(C#N)C(c1ccccc1)CN2C. The topological polar surface area (TPSA) is 60.0 Å². The molecule has 1 aliphatic rings. The average Bonchev–Trinajstić information content (AvgIpc) is 2.62. The molecule has 2 aromatic carbocycles. The molecule has 1 atom stereocenters. The molecule has 4 nitrogen and oxygen atoms in total. The van der Waals surface area contributed by atoms with E-state index in [2.05, 4.69) is 17.0 Å². The molecule has 0 aromatic heterocycles. The standard InChI is InChI=1S/C19H17N3O/c1-22-11-17(14-6-4-3-5-7-14)19(12-20,13-21)16-10-15(23-2)8-9-18(16)22/h3-10,17H,11H2,1-2H3. The molecule has 0 aliphatic carbocycles. The lowest BCUT2D eigenvalue weighted by molar-refractivity contribution is 0.411. The first-order valence-electron chi connectivity index (χ1n) is 7.43. The van der Waals surface area contributed by atoms with Gasteiger partial charge in [0.2, 0.25) is 0 Å². The van der Waals surface area contributed by atoms with Crippen LogP contribution in [-0.2, 0) is 5.41 Å². The van der Waals surface area contributed by atoms with E-state index in [4.69, 9.17) is 4.74 Å². The van der Waals surface area contributed by atoms with Crippen LogP contribution in [0.1, 0.15) is 17.0 Å². The highest BCUT2D eigenvalue weighted by Gasteiger charge is 2.48. The van der Waals surface area contributed by atoms with Crippen LogP contribution in [0.5, 0.6) is 5.75 Å². The summed E-state index contributed by atoms with van der Waals surface area (Å²) in [6.45, 7) is 0.616. The second-order valence-corrected chi connectivity index (χ2v) is 5.76. The van der Waals surface area contributed by atoms with Crippen molar-refractivity contribution in [3.63, 3.8) is 0 Å². The molecule has 0 saturated heterocycles. The van der Waals surface area contributed by atoms with E-state index in [0.717, 1.165) is 11.3 Å². The van der Waals surface area contributed by atoms with Gasteiger partial charge < -0.3 is 9.64 Å². The van der Waals surface area contributed by atoms with Gasteiger partial charge in [0.1, 0.15) is 5.75 Å². The van der Waals surface area contributed by atoms with Crippen molar-refractivity contribution in [2.75, 3.05) is 25.6 Å². The Labute approximate surface area is 136 Å². The quantitative estimate of drug-likeness (QED) is 0.854. The van der Waals surface area contributed by atoms with Gasteiger partial charge in [0.05, 0.1) is 19.2 Å². The zero-order chi connectivity index (χ0) is 16.4. The zero-order valence-corrected chi connectivity index (χ0v) is 13.2. The lowest BCUT2D eigenvalue weighted by Gasteiger charge is -2.41. The van der Waals surface area contributed by atoms with E-state index in [1.54, 1.807) is 7.11 Å². The summed E-state index contributed by atoms with van der Waals surface area (Å²) in [5.74, 6) is 0.434. The van der Waals surface area contributed by atoms with Gasteiger partial charge in [0, 0.05) is 30.8 Å². The van der Waals surface area contributed by atoms with E-state index in [0.29, 0.717) is 17.9 Å². The molecule has 0 amide bonds. The van der Waals surface area contributed by atoms with Crippen molar-refractivity contribution in [3.05, 3.63) is 59.7 Å². The van der Waals surface area contributed by atoms with Crippen LogP contribution in [0.4, 0.5) is 5.69 Å². The molecule has 1 aliphatic heterocycles. The largest absolute Gasteiger partial charge is 0.497 e. The van der Waals surface area contributed by atoms with E-state index in [1.807, 2.05) is 55.6 Å². The summed E-state index contributed by atoms with van der Waals surface area (Å²) >= 11 is 0. The summed E-state index contributed by atoms with van der Waals surface area (Å²) < 4.78 is 5.30. The van der Waals surface area contributed by atoms with E-state index < -0.39 is 5.41 Å². The maximum atomic E-state index is 9.94. The number of likely N-dealkylation sites (N-methyl/N-ethyl adjacent to an activating group) is 1. The van der Waals surface area contributed by atoms with E-state index in [1.165, 1.54) is 0 Å². The summed E-state index contributed by atoms with van der Waals surface area (Å²) in [6, 6.07) is 20.0. The summed E-state index contributed by atoms with van der Waals surface area (Å²) in [7, 11) is 3.57. The van der Waals surface area contributed by atoms with Gasteiger partial charge in [-0.15, -0.1) is 0 Å². The summed E-state index contributed by atoms with van der Waals surface area (Å²) in [5, 5.41) is 19.9. The third kappa shape index (κ3) is 2.20. The fraction of sp³-hybridized carbons (Fsp3) is 0.263. The van der Waals surface area contributed by atoms with Crippen molar-refractivity contribution in [2.45, 2.75) is 11.3 Å². The number of benzene rings is 2. The first-order valence-corrected chi connectivity index (χ1v) is 7.43. The smallest absolute Gasteiger partial charge is 0.179 e. The normalized spacial score (nSPS) is 18.4. The molecule has 4 heteroatoms. The maximum absolute atomic E-state index is 9.94. The first-order chi connectivity index (χ1) is 11.2. The van der Waals surface area contributed by atoms with Crippen LogP contribution in [0.3, 0.4) is 0 Å². The van der Waals surface area contributed by atoms with Gasteiger partial charge in [-0.05, 0) is 23.8 Å². The molecule has 1 heterocycles. The maximum Gasteiger partial charge on any atom is 0.179 e. The van der Waals surface area contributed by atoms with Crippen LogP contribution < -0.4 is 9.64 Å². The average molecular weight is 303 g/mol. The number of nitriles is 2. The van der Waals surface area contributed by atoms with E-state index in [-0.39, 0.29) is 5.92 Å². The van der Waals surface area contributed by atoms with Crippen molar-refractivity contribution < 1.29 is 4.74 Å². The molecular weight excluding hydrogens is 286 g/mol. The summed E-state index contributed by atoms with van der Waals surface area (Å²) in [6.07, 6.45) is 0. The highest BCUT2D eigenvalue weighted by atomic mass is 16.5. The summed E-state index contributed by atoms with van der Waals surface area (Å²) in [5.41, 5.74) is 1.39. The molecule has 0 radical (unpaired) electrons. The van der Waals surface area contributed by atoms with Gasteiger partial charge in [-0.25, -0.2) is 0 Å². The molecule has 0 spiro atoms. The van der Waals surface area contributed by atoms with Gasteiger partial charge in [0.15, 0.2) is 5.41 Å². The zero-order valence-electron chi connectivity index (χ0n) is 13.2. The molecule has 0 saturated carbocycles. The van der Waals surface area contributed by atoms with Crippen LogP contribution in [0, 0.1) is 22.7 Å². The van der Waals surface area contributed by atoms with Gasteiger partial charge >= 0.3 is 0 Å². The Morgan fingerprint density at radius 3 is 2.43 bits per heavy atom. The van der Waals surface area contributed by atoms with Crippen molar-refractivity contribution >= 4 is 5.69 Å². The third-order valence-corrected chi connectivity index (χ3v) is 4.57. The fourth-order valence-corrected chi connectivity index (χ4v) is 3.33. The Bertz CT molecular complexity index is 788. The first kappa shape index (κ1) is 14.9. The number of anilines is 1. The molecule has 2 aromatic rings. The lowest BCUT2D eigenvalue weighted by atomic mass is 9.66. The van der Waals surface area contributed by atoms with E-state index in [9.17, 15) is 10.5 Å². The van der Waals surface area contributed by atoms with Crippen molar-refractivity contribution in [3.8, 4) is 17.9 Å². The lowest BCUT2D eigenvalue weighted by Crippen LogP contribution is -2.44. The number of fused-ring (bicyclic) bond motifs is 1. The number of nitrogens with zero attached hydrogens (tertiary/aromatic N) is 3. The predicted molar refractivity (Wildman–Crippen MR) is 88.4 cm³/mol. The van der Waals surface area contributed by atoms with Crippen LogP contribution in [-0.4, -0.2) is 20.7 Å². The number of ether oxygens (including phenoxy) is 1. The minimum absolute atomic E-state index is 0.219. The second-order valence-electron chi connectivity index (χ2n) is 5.76. The number of hydrogen-bond acceptors (Lipinski definition) is 4. The van der Waals surface area contributed by atoms with Gasteiger partial charge in [0.25, 0.3) is 0 Å². The minimum atomic E-state index is -1.22.